The summed E-state index contributed by atoms with van der Waals surface area (Å²) in [5, 5.41) is 4.43. The van der Waals surface area contributed by atoms with Crippen LogP contribution in [0, 0.1) is 6.92 Å². The molecule has 2 aromatic rings. The molecule has 0 atom stereocenters. The molecule has 2 aliphatic heterocycles. The monoisotopic (exact) mass is 653 g/mol. The van der Waals surface area contributed by atoms with Gasteiger partial charge in [-0.05, 0) is 38.6 Å². The van der Waals surface area contributed by atoms with E-state index in [-0.39, 0.29) is 5.97 Å². The number of unbranched alkanes of at least 4 members (excludes halogenated alkanes) is 14. The Kier molecular flexibility index (Phi) is 15.4. The van der Waals surface area contributed by atoms with E-state index in [1.54, 1.807) is 16.2 Å². The Bertz CT molecular complexity index is 1270. The quantitative estimate of drug-likeness (QED) is 0.0748. The molecule has 1 fully saturated rings. The lowest BCUT2D eigenvalue weighted by atomic mass is 10.0. The van der Waals surface area contributed by atoms with Gasteiger partial charge in [0.15, 0.2) is 0 Å². The fraction of sp³-hybridized carbons (Fsp3) is 0.649. The SMILES string of the molecule is CCCCCCCCCCCCCCCCCC(=O)OCOC(=O)N1c2ccccc2NC(=[N+]2CCN(C)CC2)c2cc(C)sc21. The molecule has 0 aliphatic carbocycles. The summed E-state index contributed by atoms with van der Waals surface area (Å²) in [6.45, 7) is 7.68. The Labute approximate surface area is 281 Å². The first-order chi connectivity index (χ1) is 22.5. The summed E-state index contributed by atoms with van der Waals surface area (Å²) < 4.78 is 13.2. The molecule has 254 valence electrons. The number of piperazine rings is 1. The number of amides is 1. The molecule has 8 nitrogen and oxygen atoms in total. The van der Waals surface area contributed by atoms with E-state index in [2.05, 4.69) is 41.8 Å². The third-order valence-corrected chi connectivity index (χ3v) is 10.1. The Balaban J connectivity index is 1.17. The van der Waals surface area contributed by atoms with Crippen molar-refractivity contribution in [2.75, 3.05) is 50.2 Å². The number of anilines is 3. The largest absolute Gasteiger partial charge is 0.428 e. The van der Waals surface area contributed by atoms with Crippen LogP contribution in [0.3, 0.4) is 0 Å². The first kappa shape index (κ1) is 35.9. The van der Waals surface area contributed by atoms with Crippen molar-refractivity contribution >= 4 is 45.6 Å². The molecule has 0 spiro atoms. The second-order valence-electron chi connectivity index (χ2n) is 12.9. The number of aryl methyl sites for hydroxylation is 1. The number of hydrogen-bond acceptors (Lipinski definition) is 6. The van der Waals surface area contributed by atoms with Crippen LogP contribution < -0.4 is 10.2 Å². The minimum absolute atomic E-state index is 0.321. The van der Waals surface area contributed by atoms with Crippen LogP contribution in [0.1, 0.15) is 120 Å². The van der Waals surface area contributed by atoms with Gasteiger partial charge in [0.05, 0.1) is 24.3 Å². The van der Waals surface area contributed by atoms with Gasteiger partial charge in [-0.15, -0.1) is 11.3 Å². The molecule has 1 N–H and O–H groups in total. The summed E-state index contributed by atoms with van der Waals surface area (Å²) in [5.74, 6) is 0.684. The van der Waals surface area contributed by atoms with Crippen LogP contribution in [-0.4, -0.2) is 67.4 Å². The lowest BCUT2D eigenvalue weighted by Crippen LogP contribution is -2.43. The second-order valence-corrected chi connectivity index (χ2v) is 14.2. The third-order valence-electron chi connectivity index (χ3n) is 9.08. The number of likely N-dealkylation sites (N-methyl/N-ethyl adjacent to an activating group) is 1. The van der Waals surface area contributed by atoms with Gasteiger partial charge < -0.3 is 9.47 Å². The van der Waals surface area contributed by atoms with E-state index < -0.39 is 12.9 Å². The standard InChI is InChI=1S/C37H56N4O4S/c1-4-5-6-7-8-9-10-11-12-13-14-15-16-17-18-23-34(42)44-29-45-37(43)41-33-22-20-19-21-32(33)38-35(31-28-30(2)46-36(31)41)40-26-24-39(3)25-27-40/h19-22,28H,4-18,23-27,29H2,1-3H3/p+1. The summed E-state index contributed by atoms with van der Waals surface area (Å²) in [6, 6.07) is 9.90. The van der Waals surface area contributed by atoms with Gasteiger partial charge in [0.1, 0.15) is 10.7 Å². The summed E-state index contributed by atoms with van der Waals surface area (Å²) >= 11 is 1.56. The smallest absolute Gasteiger partial charge is 0.422 e. The first-order valence-corrected chi connectivity index (χ1v) is 18.7. The van der Waals surface area contributed by atoms with Crippen LogP contribution in [-0.2, 0) is 14.3 Å². The highest BCUT2D eigenvalue weighted by atomic mass is 32.1. The number of ether oxygens (including phenoxy) is 2. The van der Waals surface area contributed by atoms with Crippen molar-refractivity contribution in [2.45, 2.75) is 117 Å². The summed E-state index contributed by atoms with van der Waals surface area (Å²) in [7, 11) is 2.14. The lowest BCUT2D eigenvalue weighted by molar-refractivity contribution is -0.538. The van der Waals surface area contributed by atoms with Crippen LogP contribution in [0.4, 0.5) is 21.2 Å². The molecular weight excluding hydrogens is 596 g/mol. The number of fused-ring (bicyclic) bond motifs is 2. The maximum atomic E-state index is 13.6. The highest BCUT2D eigenvalue weighted by molar-refractivity contribution is 7.16. The lowest BCUT2D eigenvalue weighted by Gasteiger charge is -2.24. The van der Waals surface area contributed by atoms with Crippen molar-refractivity contribution in [1.82, 2.24) is 4.90 Å². The van der Waals surface area contributed by atoms with Gasteiger partial charge in [-0.2, -0.15) is 0 Å². The Hall–Kier alpha value is -2.91. The fourth-order valence-corrected chi connectivity index (χ4v) is 7.31. The minimum Gasteiger partial charge on any atom is -0.428 e. The predicted octanol–water partition coefficient (Wildman–Crippen LogP) is 9.22. The van der Waals surface area contributed by atoms with E-state index in [4.69, 9.17) is 9.47 Å². The number of carbonyl (C=O) groups excluding carboxylic acids is 2. The first-order valence-electron chi connectivity index (χ1n) is 17.9. The van der Waals surface area contributed by atoms with Crippen molar-refractivity contribution in [3.8, 4) is 0 Å². The van der Waals surface area contributed by atoms with Crippen molar-refractivity contribution in [1.29, 1.82) is 0 Å². The summed E-state index contributed by atoms with van der Waals surface area (Å²) in [4.78, 5) is 31.0. The molecular formula is C37H57N4O4S+. The highest BCUT2D eigenvalue weighted by Gasteiger charge is 2.36. The van der Waals surface area contributed by atoms with E-state index in [1.807, 2.05) is 24.3 Å². The Morgan fingerprint density at radius 2 is 1.43 bits per heavy atom. The number of nitrogens with zero attached hydrogens (tertiary/aromatic N) is 3. The van der Waals surface area contributed by atoms with Gasteiger partial charge in [-0.25, -0.2) is 15.0 Å². The van der Waals surface area contributed by atoms with Crippen LogP contribution in [0.25, 0.3) is 0 Å². The number of nitrogens with one attached hydrogen (secondary N) is 1. The molecule has 1 saturated heterocycles. The van der Waals surface area contributed by atoms with Crippen molar-refractivity contribution in [2.24, 2.45) is 0 Å². The molecule has 9 heteroatoms. The van der Waals surface area contributed by atoms with E-state index in [1.165, 1.54) is 77.0 Å². The summed E-state index contributed by atoms with van der Waals surface area (Å²) in [6.07, 6.45) is 19.0. The third kappa shape index (κ3) is 11.1. The summed E-state index contributed by atoms with van der Waals surface area (Å²) in [5.41, 5.74) is 2.52. The van der Waals surface area contributed by atoms with E-state index in [0.717, 1.165) is 72.4 Å². The number of thiophene rings is 1. The number of para-hydroxylation sites is 2. The van der Waals surface area contributed by atoms with E-state index in [9.17, 15) is 9.59 Å². The van der Waals surface area contributed by atoms with Gasteiger partial charge in [0, 0.05) is 24.4 Å². The second kappa shape index (κ2) is 19.7. The predicted molar refractivity (Wildman–Crippen MR) is 190 cm³/mol. The molecule has 3 heterocycles. The molecule has 4 rings (SSSR count). The van der Waals surface area contributed by atoms with Gasteiger partial charge in [-0.1, -0.05) is 109 Å². The van der Waals surface area contributed by atoms with Crippen molar-refractivity contribution < 1.29 is 23.6 Å². The van der Waals surface area contributed by atoms with Gasteiger partial charge >= 0.3 is 12.1 Å². The molecule has 2 aliphatic rings. The molecule has 1 amide bonds. The maximum Gasteiger partial charge on any atom is 0.422 e. The molecule has 1 aromatic heterocycles. The average molecular weight is 654 g/mol. The number of esters is 1. The Morgan fingerprint density at radius 1 is 0.848 bits per heavy atom. The molecule has 0 bridgehead atoms. The van der Waals surface area contributed by atoms with Gasteiger partial charge in [0.2, 0.25) is 6.79 Å². The normalized spacial score (nSPS) is 14.8. The molecule has 0 unspecified atom stereocenters. The number of benzene rings is 1. The molecule has 0 radical (unpaired) electrons. The molecule has 0 saturated carbocycles. The van der Waals surface area contributed by atoms with Crippen LogP contribution in [0.2, 0.25) is 0 Å². The van der Waals surface area contributed by atoms with E-state index in [0.29, 0.717) is 12.1 Å². The van der Waals surface area contributed by atoms with Gasteiger partial charge in [-0.3, -0.25) is 14.3 Å². The average Bonchev–Trinajstić information content (AvgIpc) is 3.37. The number of carbonyl (C=O) groups is 2. The number of amidine groups is 1. The van der Waals surface area contributed by atoms with Crippen LogP contribution in [0.15, 0.2) is 30.3 Å². The highest BCUT2D eigenvalue weighted by Crippen LogP contribution is 2.43. The zero-order chi connectivity index (χ0) is 32.6. The molecule has 1 aromatic carbocycles. The van der Waals surface area contributed by atoms with Crippen molar-refractivity contribution in [3.05, 3.63) is 40.8 Å². The van der Waals surface area contributed by atoms with Crippen molar-refractivity contribution in [3.63, 3.8) is 0 Å². The fourth-order valence-electron chi connectivity index (χ4n) is 6.30. The van der Waals surface area contributed by atoms with Crippen LogP contribution in [0.5, 0.6) is 0 Å². The van der Waals surface area contributed by atoms with Crippen LogP contribution >= 0.6 is 11.3 Å². The number of hydrogen-bond donors (Lipinski definition) is 1. The maximum absolute atomic E-state index is 13.6. The zero-order valence-corrected chi connectivity index (χ0v) is 29.4. The van der Waals surface area contributed by atoms with E-state index >= 15 is 0 Å². The molecule has 46 heavy (non-hydrogen) atoms. The van der Waals surface area contributed by atoms with Gasteiger partial charge in [0.25, 0.3) is 5.84 Å². The zero-order valence-electron chi connectivity index (χ0n) is 28.6. The number of rotatable bonds is 18. The minimum atomic E-state index is -0.559. The topological polar surface area (TPSA) is 74.1 Å². The Morgan fingerprint density at radius 3 is 2.07 bits per heavy atom.